The molecule has 0 fully saturated rings. The third-order valence-electron chi connectivity index (χ3n) is 2.09. The zero-order valence-corrected chi connectivity index (χ0v) is 8.66. The third-order valence-corrected chi connectivity index (χ3v) is 2.09. The molecule has 1 aliphatic carbocycles. The number of unbranched alkanes of at least 4 members (excludes halogenated alkanes) is 1. The highest BCUT2D eigenvalue weighted by Crippen LogP contribution is 2.18. The summed E-state index contributed by atoms with van der Waals surface area (Å²) in [5.41, 5.74) is 0.0543. The fourth-order valence-electron chi connectivity index (χ4n) is 1.26. The third kappa shape index (κ3) is 2.94. The highest BCUT2D eigenvalue weighted by atomic mass is 16.5. The molecule has 0 aliphatic heterocycles. The lowest BCUT2D eigenvalue weighted by atomic mass is 10.0. The minimum Gasteiger partial charge on any atom is -0.489 e. The summed E-state index contributed by atoms with van der Waals surface area (Å²) < 4.78 is 5.21. The number of ether oxygens (including phenoxy) is 1. The summed E-state index contributed by atoms with van der Waals surface area (Å²) in [7, 11) is 0. The standard InChI is InChI=1S/C11H14O4/c1-2-3-7-15-10-8(11(13)14)5-4-6-9(10)12/h4,6H,2-3,5,7H2,1H3,(H,13,14). The first kappa shape index (κ1) is 11.5. The quantitative estimate of drug-likeness (QED) is 0.701. The van der Waals surface area contributed by atoms with E-state index in [4.69, 9.17) is 9.84 Å². The number of hydrogen-bond acceptors (Lipinski definition) is 3. The van der Waals surface area contributed by atoms with Crippen molar-refractivity contribution in [1.82, 2.24) is 0 Å². The van der Waals surface area contributed by atoms with Crippen molar-refractivity contribution in [2.75, 3.05) is 6.61 Å². The van der Waals surface area contributed by atoms with Crippen LogP contribution in [0.4, 0.5) is 0 Å². The predicted octanol–water partition coefficient (Wildman–Crippen LogP) is 1.67. The van der Waals surface area contributed by atoms with Crippen LogP contribution in [0, 0.1) is 0 Å². The summed E-state index contributed by atoms with van der Waals surface area (Å²) in [5, 5.41) is 8.86. The number of hydrogen-bond donors (Lipinski definition) is 1. The van der Waals surface area contributed by atoms with E-state index in [2.05, 4.69) is 0 Å². The average molecular weight is 210 g/mol. The second kappa shape index (κ2) is 5.34. The van der Waals surface area contributed by atoms with Gasteiger partial charge in [-0.15, -0.1) is 0 Å². The molecule has 15 heavy (non-hydrogen) atoms. The molecule has 0 heterocycles. The summed E-state index contributed by atoms with van der Waals surface area (Å²) in [6.07, 6.45) is 4.90. The SMILES string of the molecule is CCCCOC1=C(C(=O)O)CC=CC1=O. The Morgan fingerprint density at radius 2 is 2.33 bits per heavy atom. The lowest BCUT2D eigenvalue weighted by molar-refractivity contribution is -0.133. The van der Waals surface area contributed by atoms with Gasteiger partial charge in [0.05, 0.1) is 12.2 Å². The zero-order chi connectivity index (χ0) is 11.3. The van der Waals surface area contributed by atoms with Gasteiger partial charge in [-0.1, -0.05) is 19.4 Å². The molecule has 0 saturated heterocycles. The molecule has 0 aromatic rings. The van der Waals surface area contributed by atoms with Gasteiger partial charge in [0.2, 0.25) is 5.78 Å². The van der Waals surface area contributed by atoms with Crippen LogP contribution < -0.4 is 0 Å². The van der Waals surface area contributed by atoms with E-state index in [-0.39, 0.29) is 23.5 Å². The molecule has 0 bridgehead atoms. The van der Waals surface area contributed by atoms with E-state index < -0.39 is 5.97 Å². The maximum Gasteiger partial charge on any atom is 0.335 e. The normalized spacial score (nSPS) is 15.7. The Hall–Kier alpha value is -1.58. The maximum atomic E-state index is 11.4. The molecule has 0 atom stereocenters. The van der Waals surface area contributed by atoms with E-state index in [9.17, 15) is 9.59 Å². The first-order valence-electron chi connectivity index (χ1n) is 4.97. The van der Waals surface area contributed by atoms with Gasteiger partial charge in [0.1, 0.15) is 0 Å². The van der Waals surface area contributed by atoms with Crippen molar-refractivity contribution in [1.29, 1.82) is 0 Å². The minimum atomic E-state index is -1.08. The molecule has 4 nitrogen and oxygen atoms in total. The molecule has 0 unspecified atom stereocenters. The number of carboxylic acid groups (broad SMARTS) is 1. The van der Waals surface area contributed by atoms with Gasteiger partial charge in [0, 0.05) is 6.42 Å². The number of carbonyl (C=O) groups excluding carboxylic acids is 1. The second-order valence-corrected chi connectivity index (χ2v) is 3.29. The summed E-state index contributed by atoms with van der Waals surface area (Å²) in [5.74, 6) is -1.44. The van der Waals surface area contributed by atoms with Gasteiger partial charge in [0.25, 0.3) is 0 Å². The fraction of sp³-hybridized carbons (Fsp3) is 0.455. The van der Waals surface area contributed by atoms with Gasteiger partial charge in [0.15, 0.2) is 5.76 Å². The van der Waals surface area contributed by atoms with Crippen LogP contribution in [-0.4, -0.2) is 23.5 Å². The van der Waals surface area contributed by atoms with Crippen molar-refractivity contribution in [3.05, 3.63) is 23.5 Å². The lowest BCUT2D eigenvalue weighted by Gasteiger charge is -2.13. The van der Waals surface area contributed by atoms with Crippen molar-refractivity contribution in [3.8, 4) is 0 Å². The van der Waals surface area contributed by atoms with Crippen molar-refractivity contribution >= 4 is 11.8 Å². The van der Waals surface area contributed by atoms with Crippen LogP contribution in [0.1, 0.15) is 26.2 Å². The Kier molecular flexibility index (Phi) is 4.09. The number of rotatable bonds is 5. The molecular weight excluding hydrogens is 196 g/mol. The molecule has 0 aromatic heterocycles. The lowest BCUT2D eigenvalue weighted by Crippen LogP contribution is -2.16. The summed E-state index contributed by atoms with van der Waals surface area (Å²) in [4.78, 5) is 22.2. The molecule has 0 amide bonds. The molecular formula is C11H14O4. The van der Waals surface area contributed by atoms with E-state index in [0.29, 0.717) is 6.61 Å². The van der Waals surface area contributed by atoms with E-state index in [0.717, 1.165) is 12.8 Å². The van der Waals surface area contributed by atoms with E-state index in [1.165, 1.54) is 6.08 Å². The smallest absolute Gasteiger partial charge is 0.335 e. The van der Waals surface area contributed by atoms with Crippen molar-refractivity contribution < 1.29 is 19.4 Å². The van der Waals surface area contributed by atoms with Gasteiger partial charge in [-0.05, 0) is 12.5 Å². The highest BCUT2D eigenvalue weighted by Gasteiger charge is 2.22. The first-order chi connectivity index (χ1) is 7.16. The van der Waals surface area contributed by atoms with Gasteiger partial charge in [-0.25, -0.2) is 4.79 Å². The van der Waals surface area contributed by atoms with E-state index in [1.54, 1.807) is 6.08 Å². The Morgan fingerprint density at radius 1 is 1.60 bits per heavy atom. The molecule has 1 N–H and O–H groups in total. The summed E-state index contributed by atoms with van der Waals surface area (Å²) in [6, 6.07) is 0. The molecule has 1 rings (SSSR count). The monoisotopic (exact) mass is 210 g/mol. The van der Waals surface area contributed by atoms with E-state index >= 15 is 0 Å². The largest absolute Gasteiger partial charge is 0.489 e. The zero-order valence-electron chi connectivity index (χ0n) is 8.66. The number of aliphatic carboxylic acids is 1. The van der Waals surface area contributed by atoms with Crippen LogP contribution in [0.3, 0.4) is 0 Å². The van der Waals surface area contributed by atoms with Crippen molar-refractivity contribution in [2.45, 2.75) is 26.2 Å². The van der Waals surface area contributed by atoms with Crippen molar-refractivity contribution in [2.24, 2.45) is 0 Å². The predicted molar refractivity (Wildman–Crippen MR) is 54.3 cm³/mol. The average Bonchev–Trinajstić information content (AvgIpc) is 2.20. The van der Waals surface area contributed by atoms with Gasteiger partial charge in [-0.3, -0.25) is 4.79 Å². The number of allylic oxidation sites excluding steroid dienone is 2. The topological polar surface area (TPSA) is 63.6 Å². The Labute approximate surface area is 88.2 Å². The van der Waals surface area contributed by atoms with Crippen LogP contribution in [-0.2, 0) is 14.3 Å². The van der Waals surface area contributed by atoms with E-state index in [1.807, 2.05) is 6.92 Å². The molecule has 0 radical (unpaired) electrons. The Bertz CT molecular complexity index is 325. The fourth-order valence-corrected chi connectivity index (χ4v) is 1.26. The maximum absolute atomic E-state index is 11.4. The Balaban J connectivity index is 2.75. The molecule has 4 heteroatoms. The minimum absolute atomic E-state index is 0.00144. The first-order valence-corrected chi connectivity index (χ1v) is 4.97. The molecule has 0 aromatic carbocycles. The molecule has 0 spiro atoms. The second-order valence-electron chi connectivity index (χ2n) is 3.29. The van der Waals surface area contributed by atoms with Crippen LogP contribution in [0.5, 0.6) is 0 Å². The van der Waals surface area contributed by atoms with Crippen LogP contribution in [0.25, 0.3) is 0 Å². The number of carboxylic acids is 1. The molecule has 82 valence electrons. The van der Waals surface area contributed by atoms with Gasteiger partial charge in [-0.2, -0.15) is 0 Å². The number of ketones is 1. The van der Waals surface area contributed by atoms with Crippen LogP contribution in [0.15, 0.2) is 23.5 Å². The highest BCUT2D eigenvalue weighted by molar-refractivity contribution is 6.09. The van der Waals surface area contributed by atoms with Gasteiger partial charge < -0.3 is 9.84 Å². The Morgan fingerprint density at radius 3 is 2.93 bits per heavy atom. The van der Waals surface area contributed by atoms with Crippen LogP contribution >= 0.6 is 0 Å². The van der Waals surface area contributed by atoms with Crippen molar-refractivity contribution in [3.63, 3.8) is 0 Å². The summed E-state index contributed by atoms with van der Waals surface area (Å²) >= 11 is 0. The summed E-state index contributed by atoms with van der Waals surface area (Å²) in [6.45, 7) is 2.39. The molecule has 0 saturated carbocycles. The number of carbonyl (C=O) groups is 2. The van der Waals surface area contributed by atoms with Gasteiger partial charge >= 0.3 is 5.97 Å². The van der Waals surface area contributed by atoms with Crippen LogP contribution in [0.2, 0.25) is 0 Å². The molecule has 1 aliphatic rings.